The second kappa shape index (κ2) is 5.54. The highest BCUT2D eigenvalue weighted by Gasteiger charge is 2.09. The van der Waals surface area contributed by atoms with Crippen molar-refractivity contribution in [2.45, 2.75) is 10.1 Å². The van der Waals surface area contributed by atoms with Gasteiger partial charge in [0.2, 0.25) is 5.16 Å². The van der Waals surface area contributed by atoms with Gasteiger partial charge in [0, 0.05) is 9.37 Å². The number of benzene rings is 2. The zero-order chi connectivity index (χ0) is 13.1. The summed E-state index contributed by atoms with van der Waals surface area (Å²) in [6.45, 7) is 0. The Morgan fingerprint density at radius 2 is 1.68 bits per heavy atom. The van der Waals surface area contributed by atoms with E-state index >= 15 is 0 Å². The molecule has 1 aromatic heterocycles. The van der Waals surface area contributed by atoms with E-state index in [-0.39, 0.29) is 0 Å². The minimum Gasteiger partial charge on any atom is -0.187 e. The first kappa shape index (κ1) is 12.4. The van der Waals surface area contributed by atoms with Crippen LogP contribution in [-0.4, -0.2) is 20.2 Å². The number of hydrogen-bond acceptors (Lipinski definition) is 4. The first-order valence-electron chi connectivity index (χ1n) is 5.60. The number of rotatable bonds is 3. The number of aromatic nitrogens is 4. The van der Waals surface area contributed by atoms with Crippen molar-refractivity contribution in [1.29, 1.82) is 0 Å². The summed E-state index contributed by atoms with van der Waals surface area (Å²) in [6, 6.07) is 17.9. The van der Waals surface area contributed by atoms with Crippen molar-refractivity contribution in [3.8, 4) is 5.69 Å². The van der Waals surface area contributed by atoms with Crippen LogP contribution in [0.15, 0.2) is 69.1 Å². The molecule has 0 spiro atoms. The first-order valence-corrected chi connectivity index (χ1v) is 7.21. The first-order chi connectivity index (χ1) is 9.33. The second-order valence-electron chi connectivity index (χ2n) is 3.76. The Morgan fingerprint density at radius 3 is 2.42 bits per heavy atom. The third kappa shape index (κ3) is 2.85. The largest absolute Gasteiger partial charge is 0.218 e. The maximum Gasteiger partial charge on any atom is 0.218 e. The molecule has 2 aromatic carbocycles. The molecule has 1 heterocycles. The molecule has 0 atom stereocenters. The maximum absolute atomic E-state index is 4.06. The number of para-hydroxylation sites is 1. The summed E-state index contributed by atoms with van der Waals surface area (Å²) in [5.74, 6) is 0. The normalized spacial score (nSPS) is 10.6. The van der Waals surface area contributed by atoms with E-state index in [0.29, 0.717) is 0 Å². The maximum atomic E-state index is 4.06. The van der Waals surface area contributed by atoms with E-state index in [1.165, 1.54) is 11.8 Å². The zero-order valence-corrected chi connectivity index (χ0v) is 12.2. The fourth-order valence-electron chi connectivity index (χ4n) is 1.58. The molecule has 0 fully saturated rings. The van der Waals surface area contributed by atoms with Crippen LogP contribution < -0.4 is 0 Å². The molecule has 0 saturated heterocycles. The monoisotopic (exact) mass is 332 g/mol. The summed E-state index contributed by atoms with van der Waals surface area (Å²) in [7, 11) is 0. The molecule has 94 valence electrons. The van der Waals surface area contributed by atoms with Crippen molar-refractivity contribution in [3.05, 3.63) is 59.1 Å². The highest BCUT2D eigenvalue weighted by atomic mass is 79.9. The minimum absolute atomic E-state index is 0.744. The van der Waals surface area contributed by atoms with Gasteiger partial charge in [-0.05, 0) is 58.6 Å². The number of nitrogens with zero attached hydrogens (tertiary/aromatic N) is 4. The third-order valence-electron chi connectivity index (χ3n) is 2.46. The molecule has 0 saturated carbocycles. The SMILES string of the molecule is Brc1ccc(Sc2nnnn2-c2ccccc2)cc1. The zero-order valence-electron chi connectivity index (χ0n) is 9.77. The van der Waals surface area contributed by atoms with E-state index < -0.39 is 0 Å². The van der Waals surface area contributed by atoms with Crippen LogP contribution in [0.2, 0.25) is 0 Å². The van der Waals surface area contributed by atoms with Gasteiger partial charge in [0.1, 0.15) is 0 Å². The molecule has 0 unspecified atom stereocenters. The van der Waals surface area contributed by atoms with Crippen molar-refractivity contribution in [1.82, 2.24) is 20.2 Å². The van der Waals surface area contributed by atoms with Crippen LogP contribution in [0, 0.1) is 0 Å². The Balaban J connectivity index is 1.91. The van der Waals surface area contributed by atoms with Crippen LogP contribution in [-0.2, 0) is 0 Å². The van der Waals surface area contributed by atoms with E-state index in [0.717, 1.165) is 20.2 Å². The summed E-state index contributed by atoms with van der Waals surface area (Å²) >= 11 is 4.95. The van der Waals surface area contributed by atoms with Gasteiger partial charge in [-0.2, -0.15) is 4.68 Å². The van der Waals surface area contributed by atoms with Crippen LogP contribution in [0.5, 0.6) is 0 Å². The van der Waals surface area contributed by atoms with Crippen LogP contribution in [0.4, 0.5) is 0 Å². The molecule has 0 bridgehead atoms. The van der Waals surface area contributed by atoms with Crippen molar-refractivity contribution in [2.24, 2.45) is 0 Å². The number of hydrogen-bond donors (Lipinski definition) is 0. The lowest BCUT2D eigenvalue weighted by atomic mass is 10.3. The molecule has 3 aromatic rings. The predicted octanol–water partition coefficient (Wildman–Crippen LogP) is 3.58. The third-order valence-corrected chi connectivity index (χ3v) is 3.94. The van der Waals surface area contributed by atoms with Crippen LogP contribution in [0.25, 0.3) is 5.69 Å². The quantitative estimate of drug-likeness (QED) is 0.735. The Morgan fingerprint density at radius 1 is 0.947 bits per heavy atom. The van der Waals surface area contributed by atoms with Crippen LogP contribution in [0.3, 0.4) is 0 Å². The van der Waals surface area contributed by atoms with Gasteiger partial charge < -0.3 is 0 Å². The van der Waals surface area contributed by atoms with Crippen molar-refractivity contribution < 1.29 is 0 Å². The van der Waals surface area contributed by atoms with Gasteiger partial charge in [-0.3, -0.25) is 0 Å². The van der Waals surface area contributed by atoms with Crippen molar-refractivity contribution in [3.63, 3.8) is 0 Å². The van der Waals surface area contributed by atoms with E-state index in [2.05, 4.69) is 31.5 Å². The fourth-order valence-corrected chi connectivity index (χ4v) is 2.63. The van der Waals surface area contributed by atoms with Crippen molar-refractivity contribution in [2.75, 3.05) is 0 Å². The molecule has 19 heavy (non-hydrogen) atoms. The molecule has 0 amide bonds. The van der Waals surface area contributed by atoms with Gasteiger partial charge >= 0.3 is 0 Å². The van der Waals surface area contributed by atoms with Gasteiger partial charge in [0.05, 0.1) is 5.69 Å². The van der Waals surface area contributed by atoms with Crippen LogP contribution >= 0.6 is 27.7 Å². The fraction of sp³-hybridized carbons (Fsp3) is 0. The standard InChI is InChI=1S/C13H9BrN4S/c14-10-6-8-12(9-7-10)19-13-15-16-17-18(13)11-4-2-1-3-5-11/h1-9H. The van der Waals surface area contributed by atoms with Gasteiger partial charge in [-0.1, -0.05) is 34.1 Å². The summed E-state index contributed by atoms with van der Waals surface area (Å²) < 4.78 is 2.78. The lowest BCUT2D eigenvalue weighted by molar-refractivity contribution is 0.756. The van der Waals surface area contributed by atoms with Gasteiger partial charge in [-0.15, -0.1) is 5.10 Å². The molecular weight excluding hydrogens is 324 g/mol. The number of halogens is 1. The predicted molar refractivity (Wildman–Crippen MR) is 77.4 cm³/mol. The Hall–Kier alpha value is -1.66. The van der Waals surface area contributed by atoms with E-state index in [1.807, 2.05) is 54.6 Å². The lowest BCUT2D eigenvalue weighted by Gasteiger charge is -2.03. The van der Waals surface area contributed by atoms with Crippen LogP contribution in [0.1, 0.15) is 0 Å². The van der Waals surface area contributed by atoms with Gasteiger partial charge in [0.15, 0.2) is 0 Å². The number of tetrazole rings is 1. The van der Waals surface area contributed by atoms with E-state index in [4.69, 9.17) is 0 Å². The summed E-state index contributed by atoms with van der Waals surface area (Å²) in [5.41, 5.74) is 0.951. The Bertz CT molecular complexity index is 667. The molecule has 0 aliphatic carbocycles. The van der Waals surface area contributed by atoms with Gasteiger partial charge in [-0.25, -0.2) is 0 Å². The molecular formula is C13H9BrN4S. The summed E-state index contributed by atoms with van der Waals surface area (Å²) in [5, 5.41) is 12.6. The highest BCUT2D eigenvalue weighted by molar-refractivity contribution is 9.10. The summed E-state index contributed by atoms with van der Waals surface area (Å²) in [4.78, 5) is 1.09. The summed E-state index contributed by atoms with van der Waals surface area (Å²) in [6.07, 6.45) is 0. The average Bonchev–Trinajstić information content (AvgIpc) is 2.90. The highest BCUT2D eigenvalue weighted by Crippen LogP contribution is 2.27. The van der Waals surface area contributed by atoms with Crippen molar-refractivity contribution >= 4 is 27.7 Å². The van der Waals surface area contributed by atoms with E-state index in [9.17, 15) is 0 Å². The minimum atomic E-state index is 0.744. The van der Waals surface area contributed by atoms with Gasteiger partial charge in [0.25, 0.3) is 0 Å². The Labute approximate surface area is 123 Å². The molecule has 4 nitrogen and oxygen atoms in total. The topological polar surface area (TPSA) is 43.6 Å². The molecule has 0 aliphatic heterocycles. The lowest BCUT2D eigenvalue weighted by Crippen LogP contribution is -1.98. The molecule has 0 aliphatic rings. The molecule has 3 rings (SSSR count). The average molecular weight is 333 g/mol. The molecule has 0 N–H and O–H groups in total. The van der Waals surface area contributed by atoms with E-state index in [1.54, 1.807) is 4.68 Å². The smallest absolute Gasteiger partial charge is 0.187 e. The second-order valence-corrected chi connectivity index (χ2v) is 5.72. The molecule has 0 radical (unpaired) electrons. The molecule has 6 heteroatoms. The Kier molecular flexibility index (Phi) is 3.61.